The highest BCUT2D eigenvalue weighted by molar-refractivity contribution is 5.94. The second kappa shape index (κ2) is 6.83. The number of nitrogens with zero attached hydrogens (tertiary/aromatic N) is 1. The summed E-state index contributed by atoms with van der Waals surface area (Å²) in [6, 6.07) is 19.6. The third-order valence-electron chi connectivity index (χ3n) is 3.34. The Balaban J connectivity index is 1.54. The van der Waals surface area contributed by atoms with Gasteiger partial charge in [0, 0.05) is 23.8 Å². The fourth-order valence-corrected chi connectivity index (χ4v) is 2.27. The van der Waals surface area contributed by atoms with Gasteiger partial charge in [0.15, 0.2) is 0 Å². The maximum atomic E-state index is 11.9. The van der Waals surface area contributed by atoms with Crippen molar-refractivity contribution >= 4 is 22.5 Å². The molecule has 0 unspecified atom stereocenters. The molecular formula is C18H17N3O. The van der Waals surface area contributed by atoms with Gasteiger partial charge in [0.05, 0.1) is 12.1 Å². The lowest BCUT2D eigenvalue weighted by Gasteiger charge is -2.07. The number of pyridine rings is 1. The van der Waals surface area contributed by atoms with Crippen LogP contribution < -0.4 is 10.6 Å². The van der Waals surface area contributed by atoms with Crippen LogP contribution in [0.4, 0.5) is 5.69 Å². The molecule has 4 nitrogen and oxygen atoms in total. The molecule has 110 valence electrons. The van der Waals surface area contributed by atoms with E-state index < -0.39 is 0 Å². The lowest BCUT2D eigenvalue weighted by molar-refractivity contribution is -0.115. The summed E-state index contributed by atoms with van der Waals surface area (Å²) in [5, 5.41) is 7.04. The molecule has 2 aromatic carbocycles. The number of amides is 1. The molecule has 4 heteroatoms. The minimum absolute atomic E-state index is 0.0563. The van der Waals surface area contributed by atoms with Crippen LogP contribution in [0.25, 0.3) is 10.9 Å². The smallest absolute Gasteiger partial charge is 0.238 e. The standard InChI is InChI=1S/C18H17N3O/c22-18(13-19-12-14-5-2-1-3-6-14)21-16-8-9-17-15(11-16)7-4-10-20-17/h1-11,19H,12-13H2,(H,21,22). The van der Waals surface area contributed by atoms with Crippen LogP contribution in [0.5, 0.6) is 0 Å². The fourth-order valence-electron chi connectivity index (χ4n) is 2.27. The summed E-state index contributed by atoms with van der Waals surface area (Å²) in [7, 11) is 0. The van der Waals surface area contributed by atoms with Gasteiger partial charge in [0.1, 0.15) is 0 Å². The molecule has 1 amide bonds. The third-order valence-corrected chi connectivity index (χ3v) is 3.34. The van der Waals surface area contributed by atoms with Gasteiger partial charge in [-0.05, 0) is 29.8 Å². The Kier molecular flexibility index (Phi) is 4.41. The molecule has 3 rings (SSSR count). The Morgan fingerprint density at radius 3 is 2.73 bits per heavy atom. The molecule has 0 spiro atoms. The molecular weight excluding hydrogens is 274 g/mol. The van der Waals surface area contributed by atoms with Crippen LogP contribution >= 0.6 is 0 Å². The summed E-state index contributed by atoms with van der Waals surface area (Å²) in [6.07, 6.45) is 1.76. The van der Waals surface area contributed by atoms with Crippen molar-refractivity contribution < 1.29 is 4.79 Å². The maximum Gasteiger partial charge on any atom is 0.238 e. The summed E-state index contributed by atoms with van der Waals surface area (Å²) < 4.78 is 0. The number of hydrogen-bond acceptors (Lipinski definition) is 3. The predicted molar refractivity (Wildman–Crippen MR) is 88.5 cm³/mol. The third kappa shape index (κ3) is 3.68. The van der Waals surface area contributed by atoms with Gasteiger partial charge in [-0.2, -0.15) is 0 Å². The average molecular weight is 291 g/mol. The van der Waals surface area contributed by atoms with Crippen molar-refractivity contribution in [2.75, 3.05) is 11.9 Å². The zero-order valence-corrected chi connectivity index (χ0v) is 12.1. The minimum atomic E-state index is -0.0563. The number of anilines is 1. The molecule has 1 heterocycles. The molecule has 0 aliphatic carbocycles. The zero-order valence-electron chi connectivity index (χ0n) is 12.1. The van der Waals surface area contributed by atoms with Crippen molar-refractivity contribution in [3.05, 3.63) is 72.4 Å². The van der Waals surface area contributed by atoms with E-state index in [1.54, 1.807) is 6.20 Å². The lowest BCUT2D eigenvalue weighted by Crippen LogP contribution is -2.27. The number of hydrogen-bond donors (Lipinski definition) is 2. The normalized spacial score (nSPS) is 10.5. The first-order valence-electron chi connectivity index (χ1n) is 7.20. The number of aromatic nitrogens is 1. The lowest BCUT2D eigenvalue weighted by atomic mass is 10.2. The second-order valence-electron chi connectivity index (χ2n) is 5.05. The molecule has 0 atom stereocenters. The average Bonchev–Trinajstić information content (AvgIpc) is 2.56. The quantitative estimate of drug-likeness (QED) is 0.760. The van der Waals surface area contributed by atoms with E-state index in [9.17, 15) is 4.79 Å². The van der Waals surface area contributed by atoms with Crippen molar-refractivity contribution in [2.45, 2.75) is 6.54 Å². The van der Waals surface area contributed by atoms with E-state index >= 15 is 0 Å². The van der Waals surface area contributed by atoms with E-state index in [0.29, 0.717) is 6.54 Å². The summed E-state index contributed by atoms with van der Waals surface area (Å²) >= 11 is 0. The number of fused-ring (bicyclic) bond motifs is 1. The van der Waals surface area contributed by atoms with Crippen LogP contribution in [-0.2, 0) is 11.3 Å². The second-order valence-corrected chi connectivity index (χ2v) is 5.05. The highest BCUT2D eigenvalue weighted by Gasteiger charge is 2.03. The van der Waals surface area contributed by atoms with Crippen molar-refractivity contribution in [1.29, 1.82) is 0 Å². The van der Waals surface area contributed by atoms with Gasteiger partial charge in [-0.1, -0.05) is 36.4 Å². The molecule has 3 aromatic rings. The Morgan fingerprint density at radius 2 is 1.86 bits per heavy atom. The van der Waals surface area contributed by atoms with Crippen LogP contribution in [0.1, 0.15) is 5.56 Å². The number of rotatable bonds is 5. The van der Waals surface area contributed by atoms with Crippen molar-refractivity contribution in [1.82, 2.24) is 10.3 Å². The molecule has 0 aliphatic rings. The molecule has 0 radical (unpaired) electrons. The van der Waals surface area contributed by atoms with Crippen LogP contribution in [0, 0.1) is 0 Å². The first-order valence-corrected chi connectivity index (χ1v) is 7.20. The minimum Gasteiger partial charge on any atom is -0.325 e. The molecule has 0 saturated heterocycles. The van der Waals surface area contributed by atoms with E-state index in [1.807, 2.05) is 60.7 Å². The molecule has 2 N–H and O–H groups in total. The first kappa shape index (κ1) is 14.2. The van der Waals surface area contributed by atoms with E-state index in [4.69, 9.17) is 0 Å². The number of carbonyl (C=O) groups excluding carboxylic acids is 1. The van der Waals surface area contributed by atoms with E-state index in [1.165, 1.54) is 0 Å². The zero-order chi connectivity index (χ0) is 15.2. The molecule has 1 aromatic heterocycles. The number of carbonyl (C=O) groups is 1. The largest absolute Gasteiger partial charge is 0.325 e. The van der Waals surface area contributed by atoms with E-state index in [0.717, 1.165) is 22.2 Å². The summed E-state index contributed by atoms with van der Waals surface area (Å²) in [6.45, 7) is 0.954. The van der Waals surface area contributed by atoms with Gasteiger partial charge in [0.25, 0.3) is 0 Å². The molecule has 0 bridgehead atoms. The highest BCUT2D eigenvalue weighted by atomic mass is 16.1. The van der Waals surface area contributed by atoms with Crippen molar-refractivity contribution in [3.8, 4) is 0 Å². The monoisotopic (exact) mass is 291 g/mol. The maximum absolute atomic E-state index is 11.9. The summed E-state index contributed by atoms with van der Waals surface area (Å²) in [5.41, 5.74) is 2.86. The Bertz CT molecular complexity index is 771. The van der Waals surface area contributed by atoms with Crippen molar-refractivity contribution in [2.24, 2.45) is 0 Å². The Hall–Kier alpha value is -2.72. The number of benzene rings is 2. The summed E-state index contributed by atoms with van der Waals surface area (Å²) in [5.74, 6) is -0.0563. The van der Waals surface area contributed by atoms with Gasteiger partial charge in [-0.3, -0.25) is 9.78 Å². The topological polar surface area (TPSA) is 54.0 Å². The van der Waals surface area contributed by atoms with Gasteiger partial charge >= 0.3 is 0 Å². The van der Waals surface area contributed by atoms with Gasteiger partial charge in [-0.15, -0.1) is 0 Å². The first-order chi connectivity index (χ1) is 10.8. The molecule has 0 aliphatic heterocycles. The van der Waals surface area contributed by atoms with E-state index in [2.05, 4.69) is 15.6 Å². The Morgan fingerprint density at radius 1 is 1.00 bits per heavy atom. The highest BCUT2D eigenvalue weighted by Crippen LogP contribution is 2.16. The number of nitrogens with one attached hydrogen (secondary N) is 2. The predicted octanol–water partition coefficient (Wildman–Crippen LogP) is 2.96. The summed E-state index contributed by atoms with van der Waals surface area (Å²) in [4.78, 5) is 16.2. The molecule has 0 fully saturated rings. The van der Waals surface area contributed by atoms with Crippen LogP contribution in [-0.4, -0.2) is 17.4 Å². The molecule has 0 saturated carbocycles. The fraction of sp³-hybridized carbons (Fsp3) is 0.111. The van der Waals surface area contributed by atoms with Crippen molar-refractivity contribution in [3.63, 3.8) is 0 Å². The van der Waals surface area contributed by atoms with Gasteiger partial charge in [0.2, 0.25) is 5.91 Å². The SMILES string of the molecule is O=C(CNCc1ccccc1)Nc1ccc2ncccc2c1. The van der Waals surface area contributed by atoms with Crippen LogP contribution in [0.2, 0.25) is 0 Å². The van der Waals surface area contributed by atoms with Gasteiger partial charge in [-0.25, -0.2) is 0 Å². The van der Waals surface area contributed by atoms with Crippen LogP contribution in [0.3, 0.4) is 0 Å². The Labute approximate surface area is 129 Å². The van der Waals surface area contributed by atoms with E-state index in [-0.39, 0.29) is 12.5 Å². The van der Waals surface area contributed by atoms with Crippen LogP contribution in [0.15, 0.2) is 66.9 Å². The molecule has 22 heavy (non-hydrogen) atoms. The van der Waals surface area contributed by atoms with Gasteiger partial charge < -0.3 is 10.6 Å².